The number of rotatable bonds is 12. The first-order valence-electron chi connectivity index (χ1n) is 10.7. The summed E-state index contributed by atoms with van der Waals surface area (Å²) in [4.78, 5) is 34.8. The van der Waals surface area contributed by atoms with Gasteiger partial charge in [0, 0.05) is 25.8 Å². The van der Waals surface area contributed by atoms with Crippen LogP contribution in [0.25, 0.3) is 0 Å². The maximum absolute atomic E-state index is 12.2. The molecule has 2 N–H and O–H groups in total. The molecule has 0 aromatic carbocycles. The standard InChI is InChI=1S/C20H35NO10S/c1-14(22)21-11-8-12-32(26,27)28-13-20(3,4)17(23)18(24)29-15(2)30-19(25)31-16-9-6-5-7-10-16/h15-17,23H,5-13H2,1-4H3,(H,21,22)/t15?,17-/m0/s1. The van der Waals surface area contributed by atoms with Crippen LogP contribution in [-0.2, 0) is 38.1 Å². The van der Waals surface area contributed by atoms with Crippen molar-refractivity contribution in [1.82, 2.24) is 5.32 Å². The van der Waals surface area contributed by atoms with E-state index in [1.165, 1.54) is 27.7 Å². The van der Waals surface area contributed by atoms with Gasteiger partial charge in [-0.2, -0.15) is 8.42 Å². The summed E-state index contributed by atoms with van der Waals surface area (Å²) in [6, 6.07) is 0. The van der Waals surface area contributed by atoms with Crippen LogP contribution < -0.4 is 5.32 Å². The van der Waals surface area contributed by atoms with Crippen LogP contribution in [0.3, 0.4) is 0 Å². The number of ether oxygens (including phenoxy) is 3. The number of hydrogen-bond acceptors (Lipinski definition) is 10. The minimum atomic E-state index is -3.93. The highest BCUT2D eigenvalue weighted by Crippen LogP contribution is 2.24. The lowest BCUT2D eigenvalue weighted by molar-refractivity contribution is -0.185. The lowest BCUT2D eigenvalue weighted by atomic mass is 9.88. The fourth-order valence-corrected chi connectivity index (χ4v) is 4.05. The molecule has 1 aliphatic rings. The van der Waals surface area contributed by atoms with Gasteiger partial charge in [0.15, 0.2) is 6.10 Å². The van der Waals surface area contributed by atoms with Crippen molar-refractivity contribution in [3.63, 3.8) is 0 Å². The normalized spacial score (nSPS) is 17.2. The third kappa shape index (κ3) is 11.1. The molecule has 0 bridgehead atoms. The molecular formula is C20H35NO10S. The quantitative estimate of drug-likeness (QED) is 0.182. The Morgan fingerprint density at radius 1 is 1.12 bits per heavy atom. The SMILES string of the molecule is CC(=O)NCCCS(=O)(=O)OCC(C)(C)[C@@H](O)C(=O)OC(C)OC(=O)OC1CCCCC1. The molecule has 1 unspecified atom stereocenters. The average molecular weight is 482 g/mol. The Morgan fingerprint density at radius 2 is 1.75 bits per heavy atom. The molecule has 11 nitrogen and oxygen atoms in total. The van der Waals surface area contributed by atoms with E-state index in [0.29, 0.717) is 0 Å². The van der Waals surface area contributed by atoms with Crippen molar-refractivity contribution in [2.45, 2.75) is 84.7 Å². The van der Waals surface area contributed by atoms with Gasteiger partial charge in [-0.25, -0.2) is 9.59 Å². The number of esters is 1. The second-order valence-corrected chi connectivity index (χ2v) is 10.3. The smallest absolute Gasteiger partial charge is 0.431 e. The van der Waals surface area contributed by atoms with Gasteiger partial charge in [0.2, 0.25) is 12.2 Å². The van der Waals surface area contributed by atoms with Gasteiger partial charge in [0.1, 0.15) is 6.10 Å². The number of carbonyl (C=O) groups excluding carboxylic acids is 3. The summed E-state index contributed by atoms with van der Waals surface area (Å²) in [5.41, 5.74) is -1.32. The predicted octanol–water partition coefficient (Wildman–Crippen LogP) is 1.62. The Morgan fingerprint density at radius 3 is 2.34 bits per heavy atom. The van der Waals surface area contributed by atoms with Crippen molar-refractivity contribution < 1.29 is 46.3 Å². The van der Waals surface area contributed by atoms with Gasteiger partial charge >= 0.3 is 12.1 Å². The summed E-state index contributed by atoms with van der Waals surface area (Å²) in [6.45, 7) is 5.17. The molecule has 32 heavy (non-hydrogen) atoms. The molecule has 0 aromatic rings. The number of hydrogen-bond donors (Lipinski definition) is 2. The Hall–Kier alpha value is -1.92. The lowest BCUT2D eigenvalue weighted by Crippen LogP contribution is -2.43. The topological polar surface area (TPSA) is 155 Å². The van der Waals surface area contributed by atoms with Crippen molar-refractivity contribution in [2.75, 3.05) is 18.9 Å². The third-order valence-corrected chi connectivity index (χ3v) is 6.14. The molecule has 0 spiro atoms. The van der Waals surface area contributed by atoms with Crippen LogP contribution in [0.2, 0.25) is 0 Å². The van der Waals surface area contributed by atoms with Gasteiger partial charge < -0.3 is 24.6 Å². The van der Waals surface area contributed by atoms with Gasteiger partial charge in [0.05, 0.1) is 12.4 Å². The molecular weight excluding hydrogens is 446 g/mol. The van der Waals surface area contributed by atoms with Crippen LogP contribution in [0, 0.1) is 5.41 Å². The number of carbonyl (C=O) groups is 3. The summed E-state index contributed by atoms with van der Waals surface area (Å²) in [5, 5.41) is 12.8. The summed E-state index contributed by atoms with van der Waals surface area (Å²) in [5.74, 6) is -1.70. The van der Waals surface area contributed by atoms with Crippen LogP contribution in [0.15, 0.2) is 0 Å². The highest BCUT2D eigenvalue weighted by molar-refractivity contribution is 7.86. The average Bonchev–Trinajstić information content (AvgIpc) is 2.69. The molecule has 2 atom stereocenters. The number of amides is 1. The zero-order valence-corrected chi connectivity index (χ0v) is 19.9. The molecule has 0 heterocycles. The second-order valence-electron chi connectivity index (χ2n) is 8.50. The van der Waals surface area contributed by atoms with Crippen LogP contribution in [0.4, 0.5) is 4.79 Å². The maximum atomic E-state index is 12.2. The minimum Gasteiger partial charge on any atom is -0.431 e. The van der Waals surface area contributed by atoms with Gasteiger partial charge in [-0.05, 0) is 32.1 Å². The molecule has 1 amide bonds. The van der Waals surface area contributed by atoms with E-state index in [1.807, 2.05) is 0 Å². The monoisotopic (exact) mass is 481 g/mol. The minimum absolute atomic E-state index is 0.152. The summed E-state index contributed by atoms with van der Waals surface area (Å²) in [6.07, 6.45) is 0.477. The van der Waals surface area contributed by atoms with Crippen molar-refractivity contribution in [3.05, 3.63) is 0 Å². The maximum Gasteiger partial charge on any atom is 0.511 e. The van der Waals surface area contributed by atoms with Crippen molar-refractivity contribution in [2.24, 2.45) is 5.41 Å². The highest BCUT2D eigenvalue weighted by atomic mass is 32.2. The van der Waals surface area contributed by atoms with E-state index in [0.717, 1.165) is 32.1 Å². The van der Waals surface area contributed by atoms with E-state index < -0.39 is 46.7 Å². The number of aliphatic hydroxyl groups excluding tert-OH is 1. The molecule has 1 rings (SSSR count). The van der Waals surface area contributed by atoms with Crippen molar-refractivity contribution in [3.8, 4) is 0 Å². The predicted molar refractivity (Wildman–Crippen MR) is 113 cm³/mol. The molecule has 1 fully saturated rings. The summed E-state index contributed by atoms with van der Waals surface area (Å²) < 4.78 is 43.9. The van der Waals surface area contributed by atoms with Crippen molar-refractivity contribution in [1.29, 1.82) is 0 Å². The van der Waals surface area contributed by atoms with Gasteiger partial charge in [-0.15, -0.1) is 0 Å². The van der Waals surface area contributed by atoms with E-state index in [-0.39, 0.29) is 30.7 Å². The molecule has 0 aliphatic heterocycles. The fraction of sp³-hybridized carbons (Fsp3) is 0.850. The molecule has 1 aliphatic carbocycles. The van der Waals surface area contributed by atoms with Crippen LogP contribution in [0.1, 0.15) is 66.2 Å². The van der Waals surface area contributed by atoms with Gasteiger partial charge in [-0.1, -0.05) is 20.3 Å². The zero-order valence-electron chi connectivity index (χ0n) is 19.1. The molecule has 0 saturated heterocycles. The molecule has 0 aromatic heterocycles. The Balaban J connectivity index is 2.43. The van der Waals surface area contributed by atoms with E-state index in [2.05, 4.69) is 5.32 Å². The van der Waals surface area contributed by atoms with Gasteiger partial charge in [-0.3, -0.25) is 8.98 Å². The Bertz CT molecular complexity index is 731. The zero-order chi connectivity index (χ0) is 24.4. The fourth-order valence-electron chi connectivity index (χ4n) is 2.95. The summed E-state index contributed by atoms with van der Waals surface area (Å²) >= 11 is 0. The van der Waals surface area contributed by atoms with E-state index >= 15 is 0 Å². The van der Waals surface area contributed by atoms with E-state index in [1.54, 1.807) is 0 Å². The first-order chi connectivity index (χ1) is 14.8. The number of nitrogens with one attached hydrogen (secondary N) is 1. The van der Waals surface area contributed by atoms with Crippen LogP contribution in [-0.4, -0.2) is 69.0 Å². The van der Waals surface area contributed by atoms with E-state index in [9.17, 15) is 27.9 Å². The Kier molecular flexibility index (Phi) is 11.4. The van der Waals surface area contributed by atoms with Gasteiger partial charge in [0.25, 0.3) is 10.1 Å². The van der Waals surface area contributed by atoms with Crippen LogP contribution >= 0.6 is 0 Å². The van der Waals surface area contributed by atoms with Crippen molar-refractivity contribution >= 4 is 28.1 Å². The Labute approximate surface area is 189 Å². The molecule has 186 valence electrons. The lowest BCUT2D eigenvalue weighted by Gasteiger charge is -2.29. The second kappa shape index (κ2) is 12.9. The number of aliphatic hydroxyl groups is 1. The summed E-state index contributed by atoms with van der Waals surface area (Å²) in [7, 11) is -3.93. The molecule has 0 radical (unpaired) electrons. The van der Waals surface area contributed by atoms with Crippen LogP contribution in [0.5, 0.6) is 0 Å². The molecule has 1 saturated carbocycles. The highest BCUT2D eigenvalue weighted by Gasteiger charge is 2.37. The first kappa shape index (κ1) is 28.1. The third-order valence-electron chi connectivity index (χ3n) is 4.88. The molecule has 12 heteroatoms. The van der Waals surface area contributed by atoms with E-state index in [4.69, 9.17) is 18.4 Å². The first-order valence-corrected chi connectivity index (χ1v) is 12.3. The largest absolute Gasteiger partial charge is 0.511 e.